The van der Waals surface area contributed by atoms with Gasteiger partial charge in [-0.3, -0.25) is 5.32 Å². The van der Waals surface area contributed by atoms with Gasteiger partial charge in [0.25, 0.3) is 0 Å². The Hall–Kier alpha value is -3.84. The molecule has 4 aromatic rings. The molecular formula is C22H24N8O5. The molecule has 13 nitrogen and oxygen atoms in total. The molecule has 35 heavy (non-hydrogen) atoms. The summed E-state index contributed by atoms with van der Waals surface area (Å²) in [6, 6.07) is 5.17. The molecule has 1 aliphatic heterocycles. The Labute approximate surface area is 199 Å². The zero-order valence-electron chi connectivity index (χ0n) is 19.3. The Balaban J connectivity index is 1.38. The van der Waals surface area contributed by atoms with Crippen LogP contribution in [0.3, 0.4) is 0 Å². The molecular weight excluding hydrogens is 456 g/mol. The maximum atomic E-state index is 5.76. The SMILES string of the molecule is COCc1nocc1C(NC1(Cc2nc(C)no2)CC1)c1nnnn1-c1ccc2c(c1)OCCO2. The average Bonchev–Trinajstić information content (AvgIpc) is 3.24. The highest BCUT2D eigenvalue weighted by Gasteiger charge is 2.47. The molecule has 2 aliphatic rings. The maximum Gasteiger partial charge on any atom is 0.228 e. The van der Waals surface area contributed by atoms with E-state index in [4.69, 9.17) is 23.3 Å². The van der Waals surface area contributed by atoms with Crippen LogP contribution in [0.4, 0.5) is 0 Å². The minimum absolute atomic E-state index is 0.255. The first-order valence-corrected chi connectivity index (χ1v) is 11.3. The smallest absolute Gasteiger partial charge is 0.228 e. The average molecular weight is 480 g/mol. The molecule has 13 heteroatoms. The van der Waals surface area contributed by atoms with Crippen LogP contribution in [0.2, 0.25) is 0 Å². The van der Waals surface area contributed by atoms with Crippen molar-refractivity contribution in [1.82, 2.24) is 40.8 Å². The molecule has 3 aromatic heterocycles. The fourth-order valence-corrected chi connectivity index (χ4v) is 4.28. The molecule has 0 amide bonds. The number of nitrogens with zero attached hydrogens (tertiary/aromatic N) is 7. The van der Waals surface area contributed by atoms with Gasteiger partial charge >= 0.3 is 0 Å². The van der Waals surface area contributed by atoms with Crippen LogP contribution < -0.4 is 14.8 Å². The van der Waals surface area contributed by atoms with Gasteiger partial charge < -0.3 is 23.3 Å². The molecule has 6 rings (SSSR count). The van der Waals surface area contributed by atoms with Crippen molar-refractivity contribution in [3.8, 4) is 17.2 Å². The molecule has 1 saturated carbocycles. The summed E-state index contributed by atoms with van der Waals surface area (Å²) in [5, 5.41) is 24.4. The summed E-state index contributed by atoms with van der Waals surface area (Å²) in [5.41, 5.74) is 1.93. The van der Waals surface area contributed by atoms with Crippen LogP contribution in [0.15, 0.2) is 33.5 Å². The first kappa shape index (κ1) is 21.7. The van der Waals surface area contributed by atoms with Crippen molar-refractivity contribution in [2.24, 2.45) is 0 Å². The second kappa shape index (κ2) is 8.74. The van der Waals surface area contributed by atoms with E-state index in [2.05, 4.69) is 36.1 Å². The van der Waals surface area contributed by atoms with Gasteiger partial charge in [-0.1, -0.05) is 10.3 Å². The monoisotopic (exact) mass is 480 g/mol. The summed E-state index contributed by atoms with van der Waals surface area (Å²) in [6.07, 6.45) is 4.05. The number of benzene rings is 1. The van der Waals surface area contributed by atoms with E-state index in [0.29, 0.717) is 54.4 Å². The molecule has 1 aliphatic carbocycles. The van der Waals surface area contributed by atoms with Crippen LogP contribution in [0.5, 0.6) is 11.5 Å². The first-order valence-electron chi connectivity index (χ1n) is 11.3. The Morgan fingerprint density at radius 1 is 1.17 bits per heavy atom. The van der Waals surface area contributed by atoms with Crippen LogP contribution in [-0.4, -0.2) is 61.4 Å². The quantitative estimate of drug-likeness (QED) is 0.372. The van der Waals surface area contributed by atoms with E-state index in [1.54, 1.807) is 25.0 Å². The van der Waals surface area contributed by atoms with Gasteiger partial charge in [0.1, 0.15) is 31.2 Å². The molecule has 4 heterocycles. The van der Waals surface area contributed by atoms with Crippen LogP contribution in [0, 0.1) is 6.92 Å². The lowest BCUT2D eigenvalue weighted by Crippen LogP contribution is -2.39. The van der Waals surface area contributed by atoms with Gasteiger partial charge in [0.2, 0.25) is 5.89 Å². The van der Waals surface area contributed by atoms with Crippen molar-refractivity contribution in [3.63, 3.8) is 0 Å². The largest absolute Gasteiger partial charge is 0.486 e. The number of ether oxygens (including phenoxy) is 3. The minimum atomic E-state index is -0.443. The summed E-state index contributed by atoms with van der Waals surface area (Å²) in [5.74, 6) is 3.10. The van der Waals surface area contributed by atoms with Crippen molar-refractivity contribution in [1.29, 1.82) is 0 Å². The lowest BCUT2D eigenvalue weighted by molar-refractivity contribution is 0.171. The third kappa shape index (κ3) is 4.23. The highest BCUT2D eigenvalue weighted by Crippen LogP contribution is 2.42. The van der Waals surface area contributed by atoms with Gasteiger partial charge in [0.05, 0.1) is 12.3 Å². The zero-order chi connectivity index (χ0) is 23.8. The number of rotatable bonds is 9. The van der Waals surface area contributed by atoms with Gasteiger partial charge in [0.15, 0.2) is 23.1 Å². The summed E-state index contributed by atoms with van der Waals surface area (Å²) in [6.45, 7) is 3.09. The van der Waals surface area contributed by atoms with Crippen molar-refractivity contribution in [3.05, 3.63) is 53.3 Å². The topological polar surface area (TPSA) is 148 Å². The van der Waals surface area contributed by atoms with Crippen molar-refractivity contribution < 1.29 is 23.3 Å². The Morgan fingerprint density at radius 3 is 2.80 bits per heavy atom. The van der Waals surface area contributed by atoms with Crippen molar-refractivity contribution in [2.45, 2.75) is 44.4 Å². The van der Waals surface area contributed by atoms with E-state index >= 15 is 0 Å². The molecule has 0 saturated heterocycles. The number of hydrogen-bond donors (Lipinski definition) is 1. The Bertz CT molecular complexity index is 1330. The Morgan fingerprint density at radius 2 is 2.03 bits per heavy atom. The maximum absolute atomic E-state index is 5.76. The van der Waals surface area contributed by atoms with Crippen molar-refractivity contribution >= 4 is 0 Å². The number of nitrogens with one attached hydrogen (secondary N) is 1. The first-order chi connectivity index (χ1) is 17.1. The molecule has 0 bridgehead atoms. The number of aromatic nitrogens is 7. The third-order valence-electron chi connectivity index (χ3n) is 6.15. The van der Waals surface area contributed by atoms with E-state index in [0.717, 1.165) is 24.1 Å². The normalized spacial score (nSPS) is 16.9. The van der Waals surface area contributed by atoms with Crippen LogP contribution >= 0.6 is 0 Å². The highest BCUT2D eigenvalue weighted by molar-refractivity contribution is 5.49. The minimum Gasteiger partial charge on any atom is -0.486 e. The van der Waals surface area contributed by atoms with Crippen LogP contribution in [0.1, 0.15) is 47.7 Å². The fourth-order valence-electron chi connectivity index (χ4n) is 4.28. The van der Waals surface area contributed by atoms with Crippen molar-refractivity contribution in [2.75, 3.05) is 20.3 Å². The highest BCUT2D eigenvalue weighted by atomic mass is 16.6. The number of aryl methyl sites for hydroxylation is 1. The molecule has 1 fully saturated rings. The zero-order valence-corrected chi connectivity index (χ0v) is 19.3. The van der Waals surface area contributed by atoms with E-state index in [1.165, 1.54) is 0 Å². The molecule has 1 atom stereocenters. The summed E-state index contributed by atoms with van der Waals surface area (Å²) < 4.78 is 29.1. The number of methoxy groups -OCH3 is 1. The predicted molar refractivity (Wildman–Crippen MR) is 117 cm³/mol. The fraction of sp³-hybridized carbons (Fsp3) is 0.455. The lowest BCUT2D eigenvalue weighted by atomic mass is 10.0. The number of fused-ring (bicyclic) bond motifs is 1. The van der Waals surface area contributed by atoms with Gasteiger partial charge in [-0.25, -0.2) is 0 Å². The molecule has 1 aromatic carbocycles. The molecule has 0 spiro atoms. The van der Waals surface area contributed by atoms with E-state index in [9.17, 15) is 0 Å². The molecule has 1 N–H and O–H groups in total. The van der Waals surface area contributed by atoms with E-state index in [1.807, 2.05) is 18.2 Å². The van der Waals surface area contributed by atoms with Gasteiger partial charge in [0, 0.05) is 30.7 Å². The second-order valence-corrected chi connectivity index (χ2v) is 8.70. The Kier molecular flexibility index (Phi) is 5.41. The van der Waals surface area contributed by atoms with E-state index < -0.39 is 6.04 Å². The molecule has 0 radical (unpaired) electrons. The van der Waals surface area contributed by atoms with Gasteiger partial charge in [-0.05, 0) is 42.3 Å². The summed E-state index contributed by atoms with van der Waals surface area (Å²) in [7, 11) is 1.61. The van der Waals surface area contributed by atoms with Crippen LogP contribution in [-0.2, 0) is 17.8 Å². The van der Waals surface area contributed by atoms with Crippen LogP contribution in [0.25, 0.3) is 5.69 Å². The third-order valence-corrected chi connectivity index (χ3v) is 6.15. The van der Waals surface area contributed by atoms with E-state index in [-0.39, 0.29) is 12.1 Å². The molecule has 1 unspecified atom stereocenters. The number of hydrogen-bond acceptors (Lipinski definition) is 12. The van der Waals surface area contributed by atoms with Gasteiger partial charge in [-0.2, -0.15) is 9.67 Å². The summed E-state index contributed by atoms with van der Waals surface area (Å²) in [4.78, 5) is 4.38. The second-order valence-electron chi connectivity index (χ2n) is 8.70. The molecule has 182 valence electrons. The van der Waals surface area contributed by atoms with Gasteiger partial charge in [-0.15, -0.1) is 5.10 Å². The number of tetrazole rings is 1. The standard InChI is InChI=1S/C22H24N8O5/c1-13-23-19(35-26-13)10-22(5-6-22)24-20(15-11-34-27-16(15)12-31-2)21-25-28-29-30(21)14-3-4-17-18(9-14)33-8-7-32-17/h3-4,9,11,20,24H,5-8,10,12H2,1-2H3. The summed E-state index contributed by atoms with van der Waals surface area (Å²) >= 11 is 0. The predicted octanol–water partition coefficient (Wildman–Crippen LogP) is 1.71. The lowest BCUT2D eigenvalue weighted by Gasteiger charge is -2.24.